The molecule has 0 amide bonds. The number of allylic oxidation sites excluding steroid dienone is 1. The van der Waals surface area contributed by atoms with Gasteiger partial charge in [0.2, 0.25) is 0 Å². The summed E-state index contributed by atoms with van der Waals surface area (Å²) in [6.45, 7) is 11.3. The van der Waals surface area contributed by atoms with Crippen LogP contribution in [-0.4, -0.2) is 43.4 Å². The van der Waals surface area contributed by atoms with Crippen LogP contribution < -0.4 is 4.90 Å². The number of Topliss-reactive ketones (excluding diaryl/α,β-unsaturated/α-hetero) is 1. The maximum atomic E-state index is 11.3. The van der Waals surface area contributed by atoms with Crippen LogP contribution in [0.15, 0.2) is 35.9 Å². The van der Waals surface area contributed by atoms with Gasteiger partial charge in [-0.15, -0.1) is 12.4 Å². The van der Waals surface area contributed by atoms with Crippen molar-refractivity contribution in [2.75, 3.05) is 37.6 Å². The lowest BCUT2D eigenvalue weighted by atomic mass is 10.1. The van der Waals surface area contributed by atoms with E-state index < -0.39 is 0 Å². The monoisotopic (exact) mass is 308 g/mol. The van der Waals surface area contributed by atoms with Gasteiger partial charge >= 0.3 is 0 Å². The van der Waals surface area contributed by atoms with E-state index in [9.17, 15) is 4.79 Å². The topological polar surface area (TPSA) is 23.6 Å². The predicted molar refractivity (Wildman–Crippen MR) is 91.8 cm³/mol. The quantitative estimate of drug-likeness (QED) is 0.629. The van der Waals surface area contributed by atoms with Crippen molar-refractivity contribution in [2.24, 2.45) is 0 Å². The zero-order chi connectivity index (χ0) is 14.5. The number of hydrogen-bond donors (Lipinski definition) is 0. The second-order valence-corrected chi connectivity index (χ2v) is 5.50. The van der Waals surface area contributed by atoms with E-state index in [2.05, 4.69) is 41.9 Å². The Morgan fingerprint density at radius 2 is 1.67 bits per heavy atom. The first kappa shape index (κ1) is 17.7. The van der Waals surface area contributed by atoms with E-state index in [-0.39, 0.29) is 18.2 Å². The molecule has 1 aromatic rings. The van der Waals surface area contributed by atoms with Crippen molar-refractivity contribution in [3.8, 4) is 0 Å². The van der Waals surface area contributed by atoms with Crippen molar-refractivity contribution in [3.63, 3.8) is 0 Å². The van der Waals surface area contributed by atoms with Crippen LogP contribution in [0.25, 0.3) is 0 Å². The molecule has 1 heterocycles. The summed E-state index contributed by atoms with van der Waals surface area (Å²) in [5, 5.41) is 0. The zero-order valence-electron chi connectivity index (χ0n) is 13.1. The molecule has 0 spiro atoms. The van der Waals surface area contributed by atoms with Crippen LogP contribution in [0.2, 0.25) is 0 Å². The van der Waals surface area contributed by atoms with Crippen LogP contribution in [0.1, 0.15) is 31.1 Å². The van der Waals surface area contributed by atoms with Crippen LogP contribution >= 0.6 is 12.4 Å². The molecule has 116 valence electrons. The van der Waals surface area contributed by atoms with Gasteiger partial charge in [0.05, 0.1) is 0 Å². The summed E-state index contributed by atoms with van der Waals surface area (Å²) in [6, 6.07) is 7.97. The molecule has 3 nitrogen and oxygen atoms in total. The molecule has 0 saturated carbocycles. The molecule has 0 aliphatic carbocycles. The summed E-state index contributed by atoms with van der Waals surface area (Å²) in [5.74, 6) is 0.128. The molecule has 1 fully saturated rings. The fourth-order valence-electron chi connectivity index (χ4n) is 2.52. The summed E-state index contributed by atoms with van der Waals surface area (Å²) in [7, 11) is 0. The van der Waals surface area contributed by atoms with E-state index in [1.54, 1.807) is 6.92 Å². The molecule has 1 aliphatic heterocycles. The fraction of sp³-hybridized carbons (Fsp3) is 0.471. The molecule has 0 atom stereocenters. The highest BCUT2D eigenvalue weighted by Gasteiger charge is 2.17. The van der Waals surface area contributed by atoms with Crippen molar-refractivity contribution in [2.45, 2.75) is 20.8 Å². The van der Waals surface area contributed by atoms with Crippen molar-refractivity contribution >= 4 is 23.9 Å². The highest BCUT2D eigenvalue weighted by molar-refractivity contribution is 5.94. The molecule has 0 radical (unpaired) electrons. The Kier molecular flexibility index (Phi) is 6.93. The lowest BCUT2D eigenvalue weighted by Gasteiger charge is -2.36. The van der Waals surface area contributed by atoms with Gasteiger partial charge in [-0.05, 0) is 45.0 Å². The fourth-order valence-corrected chi connectivity index (χ4v) is 2.52. The Morgan fingerprint density at radius 3 is 2.14 bits per heavy atom. The first-order chi connectivity index (χ1) is 9.60. The smallest absolute Gasteiger partial charge is 0.159 e. The molecular formula is C17H25ClN2O. The molecule has 1 saturated heterocycles. The van der Waals surface area contributed by atoms with Crippen LogP contribution in [0.5, 0.6) is 0 Å². The Hall–Kier alpha value is -1.32. The standard InChI is InChI=1S/C17H24N2O.ClH/c1-4-14(2)13-18-9-11-19(12-10-18)17-7-5-16(6-8-17)15(3)20;/h4-8H,9-13H2,1-3H3;1H/b14-4+;. The van der Waals surface area contributed by atoms with Gasteiger partial charge in [-0.25, -0.2) is 0 Å². The number of hydrogen-bond acceptors (Lipinski definition) is 3. The van der Waals surface area contributed by atoms with Crippen molar-refractivity contribution in [3.05, 3.63) is 41.5 Å². The second-order valence-electron chi connectivity index (χ2n) is 5.50. The third kappa shape index (κ3) is 4.87. The van der Waals surface area contributed by atoms with E-state index in [1.807, 2.05) is 12.1 Å². The van der Waals surface area contributed by atoms with Gasteiger partial charge in [0.25, 0.3) is 0 Å². The summed E-state index contributed by atoms with van der Waals surface area (Å²) >= 11 is 0. The number of rotatable bonds is 4. The lowest BCUT2D eigenvalue weighted by Crippen LogP contribution is -2.46. The summed E-state index contributed by atoms with van der Waals surface area (Å²) in [5.41, 5.74) is 3.44. The number of carbonyl (C=O) groups excluding carboxylic acids is 1. The number of carbonyl (C=O) groups is 1. The normalized spacial score (nSPS) is 16.5. The third-order valence-electron chi connectivity index (χ3n) is 3.98. The Morgan fingerprint density at radius 1 is 1.10 bits per heavy atom. The summed E-state index contributed by atoms with van der Waals surface area (Å²) in [4.78, 5) is 16.2. The minimum Gasteiger partial charge on any atom is -0.369 e. The van der Waals surface area contributed by atoms with Gasteiger partial charge in [-0.1, -0.05) is 11.6 Å². The Balaban J connectivity index is 0.00000220. The van der Waals surface area contributed by atoms with Crippen LogP contribution in [-0.2, 0) is 0 Å². The molecule has 1 aliphatic rings. The zero-order valence-corrected chi connectivity index (χ0v) is 13.9. The molecule has 0 unspecified atom stereocenters. The molecule has 0 bridgehead atoms. The highest BCUT2D eigenvalue weighted by atomic mass is 35.5. The average Bonchev–Trinajstić information content (AvgIpc) is 2.48. The van der Waals surface area contributed by atoms with Gasteiger partial charge in [0, 0.05) is 44.0 Å². The highest BCUT2D eigenvalue weighted by Crippen LogP contribution is 2.18. The molecule has 0 N–H and O–H groups in total. The van der Waals surface area contributed by atoms with Gasteiger partial charge in [-0.2, -0.15) is 0 Å². The van der Waals surface area contributed by atoms with E-state index in [0.717, 1.165) is 38.3 Å². The summed E-state index contributed by atoms with van der Waals surface area (Å²) < 4.78 is 0. The maximum absolute atomic E-state index is 11.3. The number of ketones is 1. The van der Waals surface area contributed by atoms with Gasteiger partial charge in [0.15, 0.2) is 5.78 Å². The van der Waals surface area contributed by atoms with Crippen molar-refractivity contribution in [1.29, 1.82) is 0 Å². The third-order valence-corrected chi connectivity index (χ3v) is 3.98. The largest absolute Gasteiger partial charge is 0.369 e. The lowest BCUT2D eigenvalue weighted by molar-refractivity contribution is 0.101. The Bertz CT molecular complexity index is 488. The Labute approximate surface area is 134 Å². The van der Waals surface area contributed by atoms with E-state index in [4.69, 9.17) is 0 Å². The van der Waals surface area contributed by atoms with E-state index in [0.29, 0.717) is 0 Å². The first-order valence-electron chi connectivity index (χ1n) is 7.30. The number of benzene rings is 1. The molecule has 0 aromatic heterocycles. The van der Waals surface area contributed by atoms with E-state index in [1.165, 1.54) is 11.3 Å². The van der Waals surface area contributed by atoms with E-state index >= 15 is 0 Å². The maximum Gasteiger partial charge on any atom is 0.159 e. The van der Waals surface area contributed by atoms with Gasteiger partial charge in [0.1, 0.15) is 0 Å². The molecule has 2 rings (SSSR count). The van der Waals surface area contributed by atoms with Gasteiger partial charge in [-0.3, -0.25) is 9.69 Å². The minimum absolute atomic E-state index is 0. The van der Waals surface area contributed by atoms with Crippen molar-refractivity contribution < 1.29 is 4.79 Å². The first-order valence-corrected chi connectivity index (χ1v) is 7.30. The van der Waals surface area contributed by atoms with Crippen LogP contribution in [0.3, 0.4) is 0 Å². The molecule has 21 heavy (non-hydrogen) atoms. The molecule has 1 aromatic carbocycles. The van der Waals surface area contributed by atoms with Crippen molar-refractivity contribution in [1.82, 2.24) is 4.90 Å². The van der Waals surface area contributed by atoms with Crippen LogP contribution in [0.4, 0.5) is 5.69 Å². The number of piperazine rings is 1. The summed E-state index contributed by atoms with van der Waals surface area (Å²) in [6.07, 6.45) is 2.19. The number of halogens is 1. The SMILES string of the molecule is C/C=C(\C)CN1CCN(c2ccc(C(C)=O)cc2)CC1.Cl. The number of nitrogens with zero attached hydrogens (tertiary/aromatic N) is 2. The minimum atomic E-state index is 0. The number of anilines is 1. The predicted octanol–water partition coefficient (Wildman–Crippen LogP) is 3.40. The average molecular weight is 309 g/mol. The van der Waals surface area contributed by atoms with Gasteiger partial charge < -0.3 is 4.90 Å². The second kappa shape index (κ2) is 8.20. The molecule has 4 heteroatoms. The van der Waals surface area contributed by atoms with Crippen LogP contribution in [0, 0.1) is 0 Å². The molecular weight excluding hydrogens is 284 g/mol.